The van der Waals surface area contributed by atoms with Crippen LogP contribution in [0.1, 0.15) is 15.9 Å². The van der Waals surface area contributed by atoms with Crippen LogP contribution in [0.3, 0.4) is 0 Å². The monoisotopic (exact) mass is 287 g/mol. The first-order valence-electron chi connectivity index (χ1n) is 6.34. The molecule has 2 N–H and O–H groups in total. The third-order valence-corrected chi connectivity index (χ3v) is 2.75. The normalized spacial score (nSPS) is 9.81. The molecule has 0 saturated carbocycles. The third-order valence-electron chi connectivity index (χ3n) is 2.75. The highest BCUT2D eigenvalue weighted by Crippen LogP contribution is 2.09. The van der Waals surface area contributed by atoms with Crippen molar-refractivity contribution >= 4 is 5.91 Å². The van der Waals surface area contributed by atoms with E-state index in [-0.39, 0.29) is 23.6 Å². The summed E-state index contributed by atoms with van der Waals surface area (Å²) >= 11 is 0. The second-order valence-electron chi connectivity index (χ2n) is 4.21. The van der Waals surface area contributed by atoms with Gasteiger partial charge in [-0.15, -0.1) is 0 Å². The SMILES string of the molecule is O=C(NCCn1ccnc1)c1ccc(C#CCO)c(F)c1. The molecule has 2 aromatic rings. The van der Waals surface area contributed by atoms with E-state index >= 15 is 0 Å². The fraction of sp³-hybridized carbons (Fsp3) is 0.200. The molecule has 2 rings (SSSR count). The summed E-state index contributed by atoms with van der Waals surface area (Å²) in [5.74, 6) is 3.90. The van der Waals surface area contributed by atoms with Crippen LogP contribution in [0.15, 0.2) is 36.9 Å². The summed E-state index contributed by atoms with van der Waals surface area (Å²) in [7, 11) is 0. The van der Waals surface area contributed by atoms with E-state index in [0.717, 1.165) is 6.07 Å². The van der Waals surface area contributed by atoms with Crippen molar-refractivity contribution in [3.63, 3.8) is 0 Å². The molecular weight excluding hydrogens is 273 g/mol. The molecule has 0 saturated heterocycles. The predicted octanol–water partition coefficient (Wildman–Crippen LogP) is 0.796. The molecule has 0 aliphatic rings. The number of hydrogen-bond acceptors (Lipinski definition) is 3. The van der Waals surface area contributed by atoms with E-state index in [1.807, 2.05) is 4.57 Å². The second kappa shape index (κ2) is 7.22. The number of nitrogens with zero attached hydrogens (tertiary/aromatic N) is 2. The Bertz CT molecular complexity index is 672. The van der Waals surface area contributed by atoms with Gasteiger partial charge in [0.25, 0.3) is 5.91 Å². The van der Waals surface area contributed by atoms with Crippen LogP contribution < -0.4 is 5.32 Å². The average Bonchev–Trinajstić information content (AvgIpc) is 2.99. The van der Waals surface area contributed by atoms with Crippen LogP contribution in [0, 0.1) is 17.7 Å². The molecule has 21 heavy (non-hydrogen) atoms. The van der Waals surface area contributed by atoms with Crippen molar-refractivity contribution < 1.29 is 14.3 Å². The van der Waals surface area contributed by atoms with Crippen molar-refractivity contribution in [2.45, 2.75) is 6.54 Å². The molecular formula is C15H14FN3O2. The Labute approximate surface area is 121 Å². The number of nitrogens with one attached hydrogen (secondary N) is 1. The van der Waals surface area contributed by atoms with Crippen molar-refractivity contribution in [1.82, 2.24) is 14.9 Å². The third kappa shape index (κ3) is 4.16. The fourth-order valence-corrected chi connectivity index (χ4v) is 1.71. The fourth-order valence-electron chi connectivity index (χ4n) is 1.71. The molecule has 0 atom stereocenters. The van der Waals surface area contributed by atoms with Gasteiger partial charge >= 0.3 is 0 Å². The van der Waals surface area contributed by atoms with E-state index < -0.39 is 5.82 Å². The highest BCUT2D eigenvalue weighted by molar-refractivity contribution is 5.94. The lowest BCUT2D eigenvalue weighted by Gasteiger charge is -2.06. The molecule has 1 amide bonds. The summed E-state index contributed by atoms with van der Waals surface area (Å²) < 4.78 is 15.5. The van der Waals surface area contributed by atoms with Crippen molar-refractivity contribution in [2.24, 2.45) is 0 Å². The van der Waals surface area contributed by atoms with Crippen molar-refractivity contribution in [1.29, 1.82) is 0 Å². The Morgan fingerprint density at radius 3 is 3.00 bits per heavy atom. The molecule has 0 aliphatic heterocycles. The molecule has 0 spiro atoms. The number of carbonyl (C=O) groups excluding carboxylic acids is 1. The highest BCUT2D eigenvalue weighted by atomic mass is 19.1. The first-order chi connectivity index (χ1) is 10.2. The highest BCUT2D eigenvalue weighted by Gasteiger charge is 2.08. The van der Waals surface area contributed by atoms with Crippen LogP contribution >= 0.6 is 0 Å². The van der Waals surface area contributed by atoms with E-state index in [4.69, 9.17) is 5.11 Å². The average molecular weight is 287 g/mol. The number of halogens is 1. The van der Waals surface area contributed by atoms with Gasteiger partial charge in [0.15, 0.2) is 0 Å². The molecule has 1 aromatic heterocycles. The summed E-state index contributed by atoms with van der Waals surface area (Å²) in [6, 6.07) is 4.05. The number of imidazole rings is 1. The van der Waals surface area contributed by atoms with Crippen LogP contribution in [-0.4, -0.2) is 33.7 Å². The molecule has 5 nitrogen and oxygen atoms in total. The topological polar surface area (TPSA) is 67.2 Å². The maximum Gasteiger partial charge on any atom is 0.251 e. The van der Waals surface area contributed by atoms with E-state index in [0.29, 0.717) is 13.1 Å². The van der Waals surface area contributed by atoms with Gasteiger partial charge < -0.3 is 15.0 Å². The van der Waals surface area contributed by atoms with Gasteiger partial charge in [-0.1, -0.05) is 11.8 Å². The van der Waals surface area contributed by atoms with Crippen molar-refractivity contribution in [3.8, 4) is 11.8 Å². The molecule has 0 bridgehead atoms. The minimum Gasteiger partial charge on any atom is -0.384 e. The number of hydrogen-bond donors (Lipinski definition) is 2. The number of rotatable bonds is 4. The Hall–Kier alpha value is -2.65. The largest absolute Gasteiger partial charge is 0.384 e. The predicted molar refractivity (Wildman–Crippen MR) is 74.9 cm³/mol. The Morgan fingerprint density at radius 1 is 1.48 bits per heavy atom. The molecule has 108 valence electrons. The van der Waals surface area contributed by atoms with E-state index in [9.17, 15) is 9.18 Å². The van der Waals surface area contributed by atoms with Gasteiger partial charge in [-0.25, -0.2) is 9.37 Å². The number of benzene rings is 1. The number of aliphatic hydroxyl groups excluding tert-OH is 1. The quantitative estimate of drug-likeness (QED) is 0.817. The van der Waals surface area contributed by atoms with E-state index in [1.54, 1.807) is 18.7 Å². The molecule has 0 aliphatic carbocycles. The number of carbonyl (C=O) groups is 1. The first kappa shape index (κ1) is 14.8. The zero-order chi connectivity index (χ0) is 15.1. The standard InChI is InChI=1S/C15H14FN3O2/c16-14-10-13(4-3-12(14)2-1-9-20)15(21)18-6-8-19-7-5-17-11-19/h3-5,7,10-11,20H,6,8-9H2,(H,18,21). The van der Waals surface area contributed by atoms with Crippen LogP contribution in [0.25, 0.3) is 0 Å². The minimum atomic E-state index is -0.585. The number of aromatic nitrogens is 2. The van der Waals surface area contributed by atoms with Crippen LogP contribution in [0.2, 0.25) is 0 Å². The first-order valence-corrected chi connectivity index (χ1v) is 6.34. The van der Waals surface area contributed by atoms with Gasteiger partial charge in [0.2, 0.25) is 0 Å². The summed E-state index contributed by atoms with van der Waals surface area (Å²) in [4.78, 5) is 15.8. The van der Waals surface area contributed by atoms with Gasteiger partial charge in [-0.3, -0.25) is 4.79 Å². The molecule has 0 unspecified atom stereocenters. The maximum absolute atomic E-state index is 13.7. The van der Waals surface area contributed by atoms with Gasteiger partial charge in [-0.2, -0.15) is 0 Å². The lowest BCUT2D eigenvalue weighted by atomic mass is 10.1. The van der Waals surface area contributed by atoms with Gasteiger partial charge in [0.1, 0.15) is 12.4 Å². The van der Waals surface area contributed by atoms with Gasteiger partial charge in [0, 0.05) is 31.0 Å². The van der Waals surface area contributed by atoms with Gasteiger partial charge in [-0.05, 0) is 18.2 Å². The molecule has 0 radical (unpaired) electrons. The summed E-state index contributed by atoms with van der Waals surface area (Å²) in [6.45, 7) is 0.674. The maximum atomic E-state index is 13.7. The molecule has 0 fully saturated rings. The zero-order valence-electron chi connectivity index (χ0n) is 11.2. The van der Waals surface area contributed by atoms with Crippen LogP contribution in [-0.2, 0) is 6.54 Å². The van der Waals surface area contributed by atoms with Crippen LogP contribution in [0.4, 0.5) is 4.39 Å². The zero-order valence-corrected chi connectivity index (χ0v) is 11.2. The van der Waals surface area contributed by atoms with Crippen LogP contribution in [0.5, 0.6) is 0 Å². The lowest BCUT2D eigenvalue weighted by Crippen LogP contribution is -2.27. The smallest absolute Gasteiger partial charge is 0.251 e. The molecule has 1 heterocycles. The summed E-state index contributed by atoms with van der Waals surface area (Å²) in [5.41, 5.74) is 0.381. The number of amides is 1. The lowest BCUT2D eigenvalue weighted by molar-refractivity contribution is 0.0952. The second-order valence-corrected chi connectivity index (χ2v) is 4.21. The van der Waals surface area contributed by atoms with E-state index in [1.165, 1.54) is 12.1 Å². The van der Waals surface area contributed by atoms with Crippen molar-refractivity contribution in [3.05, 3.63) is 53.9 Å². The minimum absolute atomic E-state index is 0.152. The molecule has 6 heteroatoms. The van der Waals surface area contributed by atoms with Crippen molar-refractivity contribution in [2.75, 3.05) is 13.2 Å². The number of aliphatic hydroxyl groups is 1. The Kier molecular flexibility index (Phi) is 5.07. The van der Waals surface area contributed by atoms with Gasteiger partial charge in [0.05, 0.1) is 11.9 Å². The molecule has 1 aromatic carbocycles. The Morgan fingerprint density at radius 2 is 2.33 bits per heavy atom. The Balaban J connectivity index is 1.94. The summed E-state index contributed by atoms with van der Waals surface area (Å²) in [5, 5.41) is 11.3. The summed E-state index contributed by atoms with van der Waals surface area (Å²) in [6.07, 6.45) is 5.10. The van der Waals surface area contributed by atoms with E-state index in [2.05, 4.69) is 22.1 Å².